The molecule has 78 valence electrons. The standard InChI is InChI=1S/C13H14ClN/c1-8(2)11-7-15-13(14)12-9(3)5-4-6-10(11)12/h4-8H,1-3H3. The lowest BCUT2D eigenvalue weighted by Gasteiger charge is -2.11. The van der Waals surface area contributed by atoms with Gasteiger partial charge in [-0.25, -0.2) is 4.98 Å². The van der Waals surface area contributed by atoms with Crippen LogP contribution in [0.3, 0.4) is 0 Å². The third-order valence-electron chi connectivity index (χ3n) is 2.73. The molecule has 2 heteroatoms. The van der Waals surface area contributed by atoms with Crippen LogP contribution in [0.5, 0.6) is 0 Å². The summed E-state index contributed by atoms with van der Waals surface area (Å²) < 4.78 is 0. The van der Waals surface area contributed by atoms with Crippen molar-refractivity contribution in [3.63, 3.8) is 0 Å². The summed E-state index contributed by atoms with van der Waals surface area (Å²) in [5.74, 6) is 0.471. The number of aromatic nitrogens is 1. The maximum Gasteiger partial charge on any atom is 0.137 e. The van der Waals surface area contributed by atoms with Gasteiger partial charge in [-0.05, 0) is 29.4 Å². The molecule has 0 atom stereocenters. The lowest BCUT2D eigenvalue weighted by molar-refractivity contribution is 0.869. The number of fused-ring (bicyclic) bond motifs is 1. The molecular weight excluding hydrogens is 206 g/mol. The van der Waals surface area contributed by atoms with E-state index in [-0.39, 0.29) is 0 Å². The van der Waals surface area contributed by atoms with Crippen molar-refractivity contribution in [2.75, 3.05) is 0 Å². The zero-order valence-electron chi connectivity index (χ0n) is 9.21. The molecule has 2 aromatic rings. The SMILES string of the molecule is Cc1cccc2c(C(C)C)cnc(Cl)c12. The average molecular weight is 220 g/mol. The summed E-state index contributed by atoms with van der Waals surface area (Å²) in [6.07, 6.45) is 1.88. The van der Waals surface area contributed by atoms with E-state index in [9.17, 15) is 0 Å². The van der Waals surface area contributed by atoms with E-state index in [1.807, 2.05) is 6.20 Å². The van der Waals surface area contributed by atoms with Crippen molar-refractivity contribution in [3.8, 4) is 0 Å². The Morgan fingerprint density at radius 1 is 1.27 bits per heavy atom. The minimum absolute atomic E-state index is 0.471. The van der Waals surface area contributed by atoms with Crippen LogP contribution in [0, 0.1) is 6.92 Å². The van der Waals surface area contributed by atoms with E-state index >= 15 is 0 Å². The molecule has 0 amide bonds. The van der Waals surface area contributed by atoms with Crippen LogP contribution >= 0.6 is 11.6 Å². The van der Waals surface area contributed by atoms with Crippen molar-refractivity contribution in [3.05, 3.63) is 40.7 Å². The first kappa shape index (κ1) is 10.4. The maximum absolute atomic E-state index is 6.13. The van der Waals surface area contributed by atoms with Gasteiger partial charge in [0.1, 0.15) is 5.15 Å². The van der Waals surface area contributed by atoms with E-state index < -0.39 is 0 Å². The van der Waals surface area contributed by atoms with Crippen LogP contribution in [0.2, 0.25) is 5.15 Å². The smallest absolute Gasteiger partial charge is 0.137 e. The molecule has 0 radical (unpaired) electrons. The van der Waals surface area contributed by atoms with E-state index in [4.69, 9.17) is 11.6 Å². The number of halogens is 1. The van der Waals surface area contributed by atoms with Gasteiger partial charge in [-0.3, -0.25) is 0 Å². The number of hydrogen-bond acceptors (Lipinski definition) is 1. The predicted molar refractivity (Wildman–Crippen MR) is 65.6 cm³/mol. The third kappa shape index (κ3) is 1.72. The first-order valence-corrected chi connectivity index (χ1v) is 5.52. The zero-order valence-corrected chi connectivity index (χ0v) is 9.97. The molecule has 1 aromatic heterocycles. The highest BCUT2D eigenvalue weighted by Crippen LogP contribution is 2.30. The number of benzene rings is 1. The number of nitrogens with zero attached hydrogens (tertiary/aromatic N) is 1. The zero-order chi connectivity index (χ0) is 11.0. The molecule has 0 aliphatic rings. The van der Waals surface area contributed by atoms with E-state index in [1.165, 1.54) is 16.5 Å². The van der Waals surface area contributed by atoms with Crippen LogP contribution in [-0.4, -0.2) is 4.98 Å². The number of pyridine rings is 1. The Labute approximate surface area is 95.1 Å². The van der Waals surface area contributed by atoms with Crippen LogP contribution in [0.4, 0.5) is 0 Å². The fraction of sp³-hybridized carbons (Fsp3) is 0.308. The number of rotatable bonds is 1. The van der Waals surface area contributed by atoms with Gasteiger partial charge in [-0.2, -0.15) is 0 Å². The van der Waals surface area contributed by atoms with Crippen molar-refractivity contribution in [1.29, 1.82) is 0 Å². The van der Waals surface area contributed by atoms with Gasteiger partial charge >= 0.3 is 0 Å². The molecule has 1 aromatic carbocycles. The summed E-state index contributed by atoms with van der Waals surface area (Å²) in [5.41, 5.74) is 2.45. The Morgan fingerprint density at radius 3 is 2.67 bits per heavy atom. The molecule has 0 bridgehead atoms. The Hall–Kier alpha value is -1.08. The van der Waals surface area contributed by atoms with Crippen molar-refractivity contribution in [2.24, 2.45) is 0 Å². The monoisotopic (exact) mass is 219 g/mol. The van der Waals surface area contributed by atoms with Crippen LogP contribution in [-0.2, 0) is 0 Å². The number of hydrogen-bond donors (Lipinski definition) is 0. The molecule has 0 saturated carbocycles. The van der Waals surface area contributed by atoms with E-state index in [1.54, 1.807) is 0 Å². The molecule has 15 heavy (non-hydrogen) atoms. The van der Waals surface area contributed by atoms with Gasteiger partial charge < -0.3 is 0 Å². The molecule has 1 nitrogen and oxygen atoms in total. The van der Waals surface area contributed by atoms with E-state index in [0.29, 0.717) is 11.1 Å². The minimum atomic E-state index is 0.471. The minimum Gasteiger partial charge on any atom is -0.244 e. The van der Waals surface area contributed by atoms with E-state index in [0.717, 1.165) is 5.39 Å². The highest BCUT2D eigenvalue weighted by molar-refractivity contribution is 6.34. The van der Waals surface area contributed by atoms with Crippen molar-refractivity contribution >= 4 is 22.4 Å². The topological polar surface area (TPSA) is 12.9 Å². The fourth-order valence-corrected chi connectivity index (χ4v) is 2.20. The lowest BCUT2D eigenvalue weighted by atomic mass is 9.97. The summed E-state index contributed by atoms with van der Waals surface area (Å²) in [6, 6.07) is 6.26. The maximum atomic E-state index is 6.13. The van der Waals surface area contributed by atoms with Gasteiger partial charge in [0.15, 0.2) is 0 Å². The quantitative estimate of drug-likeness (QED) is 0.651. The Morgan fingerprint density at radius 2 is 2.00 bits per heavy atom. The molecule has 1 heterocycles. The molecule has 0 unspecified atom stereocenters. The predicted octanol–water partition coefficient (Wildman–Crippen LogP) is 4.32. The normalized spacial score (nSPS) is 11.3. The molecule has 0 fully saturated rings. The van der Waals surface area contributed by atoms with Gasteiger partial charge in [0.2, 0.25) is 0 Å². The molecule has 0 N–H and O–H groups in total. The van der Waals surface area contributed by atoms with Gasteiger partial charge in [0, 0.05) is 11.6 Å². The van der Waals surface area contributed by atoms with Crippen LogP contribution in [0.25, 0.3) is 10.8 Å². The summed E-state index contributed by atoms with van der Waals surface area (Å²) in [4.78, 5) is 4.25. The largest absolute Gasteiger partial charge is 0.244 e. The molecule has 0 saturated heterocycles. The van der Waals surface area contributed by atoms with Crippen LogP contribution in [0.1, 0.15) is 30.9 Å². The van der Waals surface area contributed by atoms with Gasteiger partial charge in [-0.1, -0.05) is 43.6 Å². The highest BCUT2D eigenvalue weighted by atomic mass is 35.5. The second-order valence-electron chi connectivity index (χ2n) is 4.16. The Bertz CT molecular complexity index is 495. The third-order valence-corrected chi connectivity index (χ3v) is 3.02. The molecule has 0 spiro atoms. The van der Waals surface area contributed by atoms with E-state index in [2.05, 4.69) is 44.0 Å². The van der Waals surface area contributed by atoms with Crippen molar-refractivity contribution in [1.82, 2.24) is 4.98 Å². The summed E-state index contributed by atoms with van der Waals surface area (Å²) >= 11 is 6.13. The van der Waals surface area contributed by atoms with Crippen LogP contribution < -0.4 is 0 Å². The summed E-state index contributed by atoms with van der Waals surface area (Å²) in [5, 5.41) is 2.92. The van der Waals surface area contributed by atoms with Gasteiger partial charge in [0.25, 0.3) is 0 Å². The molecule has 0 aliphatic heterocycles. The second kappa shape index (κ2) is 3.82. The molecule has 0 aliphatic carbocycles. The summed E-state index contributed by atoms with van der Waals surface area (Å²) in [6.45, 7) is 6.42. The summed E-state index contributed by atoms with van der Waals surface area (Å²) in [7, 11) is 0. The average Bonchev–Trinajstić information content (AvgIpc) is 2.17. The molecule has 2 rings (SSSR count). The van der Waals surface area contributed by atoms with Gasteiger partial charge in [-0.15, -0.1) is 0 Å². The Balaban J connectivity index is 2.89. The second-order valence-corrected chi connectivity index (χ2v) is 4.51. The first-order valence-electron chi connectivity index (χ1n) is 5.15. The lowest BCUT2D eigenvalue weighted by Crippen LogP contribution is -1.93. The van der Waals surface area contributed by atoms with Crippen LogP contribution in [0.15, 0.2) is 24.4 Å². The first-order chi connectivity index (χ1) is 7.11. The Kier molecular flexibility index (Phi) is 2.66. The fourth-order valence-electron chi connectivity index (χ4n) is 1.90. The van der Waals surface area contributed by atoms with Crippen molar-refractivity contribution in [2.45, 2.75) is 26.7 Å². The van der Waals surface area contributed by atoms with Crippen molar-refractivity contribution < 1.29 is 0 Å². The van der Waals surface area contributed by atoms with Gasteiger partial charge in [0.05, 0.1) is 0 Å². The highest BCUT2D eigenvalue weighted by Gasteiger charge is 2.09. The number of aryl methyl sites for hydroxylation is 1. The molecular formula is C13H14ClN.